The van der Waals surface area contributed by atoms with Crippen LogP contribution >= 0.6 is 0 Å². The van der Waals surface area contributed by atoms with Gasteiger partial charge in [0.1, 0.15) is 0 Å². The van der Waals surface area contributed by atoms with Crippen molar-refractivity contribution < 1.29 is 13.2 Å². The topological polar surface area (TPSA) is 69.0 Å². The van der Waals surface area contributed by atoms with Crippen LogP contribution in [-0.2, 0) is 9.84 Å². The number of rotatable bonds is 5. The second-order valence-corrected chi connectivity index (χ2v) is 5.82. The van der Waals surface area contributed by atoms with Gasteiger partial charge in [-0.25, -0.2) is 8.42 Å². The third-order valence-electron chi connectivity index (χ3n) is 2.59. The number of hydrogen-bond donors (Lipinski definition) is 0. The van der Waals surface area contributed by atoms with Gasteiger partial charge in [0.15, 0.2) is 21.1 Å². The first-order chi connectivity index (χ1) is 7.47. The minimum atomic E-state index is -3.41. The molecule has 1 atom stereocenters. The van der Waals surface area contributed by atoms with Gasteiger partial charge in [-0.05, 0) is 13.3 Å². The quantitative estimate of drug-likeness (QED) is 0.735. The fraction of sp³-hybridized carbons (Fsp3) is 0.600. The summed E-state index contributed by atoms with van der Waals surface area (Å²) in [6, 6.07) is -0.0370. The van der Waals surface area contributed by atoms with Crippen molar-refractivity contribution in [3.8, 4) is 0 Å². The van der Waals surface area contributed by atoms with Gasteiger partial charge in [-0.2, -0.15) is 5.10 Å². The predicted octanol–water partition coefficient (Wildman–Crippen LogP) is 1.46. The molecule has 0 amide bonds. The summed E-state index contributed by atoms with van der Waals surface area (Å²) >= 11 is 0. The van der Waals surface area contributed by atoms with Gasteiger partial charge in [0, 0.05) is 0 Å². The molecule has 1 unspecified atom stereocenters. The van der Waals surface area contributed by atoms with Gasteiger partial charge in [0.25, 0.3) is 0 Å². The van der Waals surface area contributed by atoms with Crippen LogP contribution < -0.4 is 0 Å². The molecule has 0 aliphatic carbocycles. The van der Waals surface area contributed by atoms with E-state index in [2.05, 4.69) is 5.10 Å². The number of carbonyl (C=O) groups excluding carboxylic acids is 1. The SMILES string of the molecule is CCC(C)n1ncc(C=O)c1S(=O)(=O)CC. The van der Waals surface area contributed by atoms with E-state index in [9.17, 15) is 13.2 Å². The van der Waals surface area contributed by atoms with Crippen molar-refractivity contribution in [1.29, 1.82) is 0 Å². The zero-order chi connectivity index (χ0) is 12.3. The molecule has 0 aliphatic heterocycles. The van der Waals surface area contributed by atoms with E-state index in [-0.39, 0.29) is 22.4 Å². The Hall–Kier alpha value is -1.17. The lowest BCUT2D eigenvalue weighted by molar-refractivity contribution is 0.112. The molecule has 0 saturated heterocycles. The van der Waals surface area contributed by atoms with Crippen LogP contribution in [0.1, 0.15) is 43.6 Å². The molecule has 0 aromatic carbocycles. The van der Waals surface area contributed by atoms with E-state index in [0.717, 1.165) is 6.42 Å². The maximum atomic E-state index is 11.9. The zero-order valence-electron chi connectivity index (χ0n) is 9.67. The summed E-state index contributed by atoms with van der Waals surface area (Å²) in [5.74, 6) is -0.0318. The van der Waals surface area contributed by atoms with Crippen LogP contribution in [0, 0.1) is 0 Å². The molecule has 1 aromatic rings. The number of aromatic nitrogens is 2. The van der Waals surface area contributed by atoms with Gasteiger partial charge in [-0.3, -0.25) is 9.48 Å². The van der Waals surface area contributed by atoms with E-state index < -0.39 is 9.84 Å². The normalized spacial score (nSPS) is 13.7. The van der Waals surface area contributed by atoms with Crippen molar-refractivity contribution in [2.24, 2.45) is 0 Å². The lowest BCUT2D eigenvalue weighted by atomic mass is 10.3. The fourth-order valence-corrected chi connectivity index (χ4v) is 2.64. The molecule has 0 saturated carbocycles. The number of nitrogens with zero attached hydrogens (tertiary/aromatic N) is 2. The Morgan fingerprint density at radius 2 is 2.12 bits per heavy atom. The van der Waals surface area contributed by atoms with Gasteiger partial charge in [0.2, 0.25) is 0 Å². The summed E-state index contributed by atoms with van der Waals surface area (Å²) in [6.45, 7) is 5.36. The Morgan fingerprint density at radius 1 is 1.50 bits per heavy atom. The van der Waals surface area contributed by atoms with Crippen molar-refractivity contribution in [3.05, 3.63) is 11.8 Å². The monoisotopic (exact) mass is 244 g/mol. The lowest BCUT2D eigenvalue weighted by Gasteiger charge is -2.13. The molecule has 0 spiro atoms. The fourth-order valence-electron chi connectivity index (χ4n) is 1.39. The highest BCUT2D eigenvalue weighted by molar-refractivity contribution is 7.91. The first-order valence-corrected chi connectivity index (χ1v) is 6.88. The maximum absolute atomic E-state index is 11.9. The number of hydrogen-bond acceptors (Lipinski definition) is 4. The highest BCUT2D eigenvalue weighted by Crippen LogP contribution is 2.21. The Labute approximate surface area is 95.4 Å². The highest BCUT2D eigenvalue weighted by atomic mass is 32.2. The van der Waals surface area contributed by atoms with E-state index in [1.54, 1.807) is 6.92 Å². The molecular weight excluding hydrogens is 228 g/mol. The second kappa shape index (κ2) is 4.78. The van der Waals surface area contributed by atoms with Crippen molar-refractivity contribution in [3.63, 3.8) is 0 Å². The summed E-state index contributed by atoms with van der Waals surface area (Å²) in [7, 11) is -3.41. The molecule has 16 heavy (non-hydrogen) atoms. The van der Waals surface area contributed by atoms with Crippen LogP contribution in [0.4, 0.5) is 0 Å². The summed E-state index contributed by atoms with van der Waals surface area (Å²) in [5.41, 5.74) is 0.141. The third kappa shape index (κ3) is 2.16. The molecular formula is C10H16N2O3S. The molecule has 1 rings (SSSR count). The summed E-state index contributed by atoms with van der Waals surface area (Å²) < 4.78 is 25.1. The van der Waals surface area contributed by atoms with E-state index >= 15 is 0 Å². The zero-order valence-corrected chi connectivity index (χ0v) is 10.5. The molecule has 0 fully saturated rings. The molecule has 0 N–H and O–H groups in total. The summed E-state index contributed by atoms with van der Waals surface area (Å²) in [4.78, 5) is 10.8. The third-order valence-corrected chi connectivity index (χ3v) is 4.36. The molecule has 1 aromatic heterocycles. The Bertz CT molecular complexity index is 476. The molecule has 1 heterocycles. The summed E-state index contributed by atoms with van der Waals surface area (Å²) in [5, 5.41) is 4.02. The van der Waals surface area contributed by atoms with Crippen molar-refractivity contribution in [2.75, 3.05) is 5.75 Å². The number of carbonyl (C=O) groups is 1. The molecule has 90 valence electrons. The van der Waals surface area contributed by atoms with E-state index in [1.165, 1.54) is 10.9 Å². The van der Waals surface area contributed by atoms with E-state index in [0.29, 0.717) is 6.29 Å². The molecule has 0 radical (unpaired) electrons. The largest absolute Gasteiger partial charge is 0.298 e. The molecule has 6 heteroatoms. The standard InChI is InChI=1S/C10H16N2O3S/c1-4-8(3)12-10(16(14,15)5-2)9(7-13)6-11-12/h6-8H,4-5H2,1-3H3. The van der Waals surface area contributed by atoms with Crippen LogP contribution in [-0.4, -0.2) is 30.2 Å². The minimum Gasteiger partial charge on any atom is -0.298 e. The van der Waals surface area contributed by atoms with Gasteiger partial charge in [-0.1, -0.05) is 13.8 Å². The van der Waals surface area contributed by atoms with Crippen LogP contribution in [0.25, 0.3) is 0 Å². The van der Waals surface area contributed by atoms with Crippen molar-refractivity contribution in [2.45, 2.75) is 38.3 Å². The second-order valence-electron chi connectivity index (χ2n) is 3.63. The smallest absolute Gasteiger partial charge is 0.195 e. The van der Waals surface area contributed by atoms with Crippen LogP contribution in [0.5, 0.6) is 0 Å². The van der Waals surface area contributed by atoms with Crippen LogP contribution in [0.3, 0.4) is 0 Å². The molecule has 0 bridgehead atoms. The minimum absolute atomic E-state index is 0.0318. The maximum Gasteiger partial charge on any atom is 0.195 e. The van der Waals surface area contributed by atoms with Gasteiger partial charge >= 0.3 is 0 Å². The first kappa shape index (κ1) is 12.9. The van der Waals surface area contributed by atoms with Crippen LogP contribution in [0.2, 0.25) is 0 Å². The lowest BCUT2D eigenvalue weighted by Crippen LogP contribution is -2.16. The average molecular weight is 244 g/mol. The Morgan fingerprint density at radius 3 is 2.56 bits per heavy atom. The Balaban J connectivity index is 3.44. The van der Waals surface area contributed by atoms with E-state index in [4.69, 9.17) is 0 Å². The van der Waals surface area contributed by atoms with E-state index in [1.807, 2.05) is 13.8 Å². The molecule has 5 nitrogen and oxygen atoms in total. The Kier molecular flexibility index (Phi) is 3.85. The van der Waals surface area contributed by atoms with Gasteiger partial charge < -0.3 is 0 Å². The summed E-state index contributed by atoms with van der Waals surface area (Å²) in [6.07, 6.45) is 2.60. The van der Waals surface area contributed by atoms with Crippen LogP contribution in [0.15, 0.2) is 11.2 Å². The first-order valence-electron chi connectivity index (χ1n) is 5.23. The highest BCUT2D eigenvalue weighted by Gasteiger charge is 2.24. The predicted molar refractivity (Wildman–Crippen MR) is 60.3 cm³/mol. The van der Waals surface area contributed by atoms with Gasteiger partial charge in [-0.15, -0.1) is 0 Å². The van der Waals surface area contributed by atoms with Crippen molar-refractivity contribution >= 4 is 16.1 Å². The average Bonchev–Trinajstić information content (AvgIpc) is 2.72. The van der Waals surface area contributed by atoms with Gasteiger partial charge in [0.05, 0.1) is 23.6 Å². The number of sulfone groups is 1. The number of aldehydes is 1. The molecule has 0 aliphatic rings. The van der Waals surface area contributed by atoms with Crippen molar-refractivity contribution in [1.82, 2.24) is 9.78 Å².